The number of phenols is 1. The van der Waals surface area contributed by atoms with Gasteiger partial charge >= 0.3 is 0 Å². The maximum absolute atomic E-state index is 9.85. The van der Waals surface area contributed by atoms with E-state index in [1.807, 2.05) is 0 Å². The van der Waals surface area contributed by atoms with Crippen LogP contribution in [0.5, 0.6) is 17.2 Å². The van der Waals surface area contributed by atoms with Gasteiger partial charge in [0.05, 0.1) is 31.5 Å². The molecule has 0 saturated heterocycles. The van der Waals surface area contributed by atoms with Gasteiger partial charge in [0.15, 0.2) is 0 Å². The van der Waals surface area contributed by atoms with Crippen molar-refractivity contribution in [3.63, 3.8) is 0 Å². The van der Waals surface area contributed by atoms with E-state index in [4.69, 9.17) is 14.7 Å². The summed E-state index contributed by atoms with van der Waals surface area (Å²) in [7, 11) is 3.12. The van der Waals surface area contributed by atoms with Crippen molar-refractivity contribution in [2.45, 2.75) is 6.54 Å². The predicted octanol–water partition coefficient (Wildman–Crippen LogP) is 2.89. The highest BCUT2D eigenvalue weighted by Gasteiger charge is 2.07. The van der Waals surface area contributed by atoms with Crippen LogP contribution in [0.4, 0.5) is 5.69 Å². The molecule has 2 rings (SSSR count). The molecule has 0 radical (unpaired) electrons. The first-order chi connectivity index (χ1) is 10.2. The van der Waals surface area contributed by atoms with Gasteiger partial charge in [0.2, 0.25) is 0 Å². The second-order valence-corrected chi connectivity index (χ2v) is 4.38. The van der Waals surface area contributed by atoms with E-state index in [-0.39, 0.29) is 5.75 Å². The molecule has 0 fully saturated rings. The molecular formula is C16H16N2O3. The molecule has 0 aromatic heterocycles. The molecule has 0 saturated carbocycles. The van der Waals surface area contributed by atoms with E-state index in [2.05, 4.69) is 11.4 Å². The quantitative estimate of drug-likeness (QED) is 0.883. The van der Waals surface area contributed by atoms with Gasteiger partial charge in [0.25, 0.3) is 0 Å². The molecule has 0 unspecified atom stereocenters. The van der Waals surface area contributed by atoms with Crippen molar-refractivity contribution in [3.05, 3.63) is 47.5 Å². The van der Waals surface area contributed by atoms with Crippen LogP contribution in [-0.4, -0.2) is 19.3 Å². The first kappa shape index (κ1) is 14.5. The number of phenolic OH excluding ortho intramolecular Hbond substituents is 1. The Balaban J connectivity index is 2.18. The summed E-state index contributed by atoms with van der Waals surface area (Å²) in [6, 6.07) is 12.2. The Hall–Kier alpha value is -2.87. The van der Waals surface area contributed by atoms with Crippen LogP contribution in [0.25, 0.3) is 0 Å². The summed E-state index contributed by atoms with van der Waals surface area (Å²) in [5.41, 5.74) is 1.99. The van der Waals surface area contributed by atoms with E-state index in [1.165, 1.54) is 0 Å². The minimum absolute atomic E-state index is 0.191. The minimum Gasteiger partial charge on any atom is -0.508 e. The zero-order valence-corrected chi connectivity index (χ0v) is 11.9. The lowest BCUT2D eigenvalue weighted by Crippen LogP contribution is -2.02. The van der Waals surface area contributed by atoms with E-state index in [0.29, 0.717) is 29.2 Å². The van der Waals surface area contributed by atoms with Crippen LogP contribution in [0.15, 0.2) is 36.4 Å². The summed E-state index contributed by atoms with van der Waals surface area (Å²) < 4.78 is 10.4. The lowest BCUT2D eigenvalue weighted by molar-refractivity contribution is 0.410. The fourth-order valence-corrected chi connectivity index (χ4v) is 1.93. The Kier molecular flexibility index (Phi) is 4.52. The molecule has 0 atom stereocenters. The number of methoxy groups -OCH3 is 2. The smallest absolute Gasteiger partial charge is 0.143 e. The number of benzene rings is 2. The Labute approximate surface area is 123 Å². The topological polar surface area (TPSA) is 74.5 Å². The van der Waals surface area contributed by atoms with Gasteiger partial charge in [-0.3, -0.25) is 0 Å². The van der Waals surface area contributed by atoms with Gasteiger partial charge in [-0.1, -0.05) is 0 Å². The van der Waals surface area contributed by atoms with Crippen LogP contribution in [0, 0.1) is 11.3 Å². The molecular weight excluding hydrogens is 268 g/mol. The Morgan fingerprint density at radius 1 is 1.14 bits per heavy atom. The second kappa shape index (κ2) is 6.53. The Bertz CT molecular complexity index is 678. The lowest BCUT2D eigenvalue weighted by atomic mass is 10.1. The molecule has 2 aromatic carbocycles. The number of anilines is 1. The van der Waals surface area contributed by atoms with Crippen LogP contribution in [0.3, 0.4) is 0 Å². The number of nitrogens with one attached hydrogen (secondary N) is 1. The van der Waals surface area contributed by atoms with Gasteiger partial charge < -0.3 is 19.9 Å². The number of aromatic hydroxyl groups is 1. The molecule has 0 aliphatic heterocycles. The van der Waals surface area contributed by atoms with Crippen molar-refractivity contribution in [2.24, 2.45) is 0 Å². The maximum atomic E-state index is 9.85. The van der Waals surface area contributed by atoms with Crippen molar-refractivity contribution >= 4 is 5.69 Å². The number of ether oxygens (including phenoxy) is 2. The van der Waals surface area contributed by atoms with Gasteiger partial charge in [0.1, 0.15) is 17.2 Å². The monoisotopic (exact) mass is 284 g/mol. The number of nitriles is 1. The minimum atomic E-state index is 0.191. The largest absolute Gasteiger partial charge is 0.508 e. The molecule has 21 heavy (non-hydrogen) atoms. The fraction of sp³-hybridized carbons (Fsp3) is 0.188. The Morgan fingerprint density at radius 2 is 1.95 bits per heavy atom. The third-order valence-electron chi connectivity index (χ3n) is 3.09. The van der Waals surface area contributed by atoms with Crippen molar-refractivity contribution in [1.82, 2.24) is 0 Å². The third kappa shape index (κ3) is 3.37. The molecule has 0 bridgehead atoms. The average molecular weight is 284 g/mol. The molecule has 0 heterocycles. The summed E-state index contributed by atoms with van der Waals surface area (Å²) in [6.45, 7) is 0.408. The van der Waals surface area contributed by atoms with Gasteiger partial charge in [0, 0.05) is 18.2 Å². The number of hydrogen-bond donors (Lipinski definition) is 2. The van der Waals surface area contributed by atoms with Gasteiger partial charge in [-0.05, 0) is 30.3 Å². The molecule has 0 spiro atoms. The predicted molar refractivity (Wildman–Crippen MR) is 79.7 cm³/mol. The van der Waals surface area contributed by atoms with Crippen LogP contribution in [0.2, 0.25) is 0 Å². The molecule has 0 aliphatic carbocycles. The zero-order chi connectivity index (χ0) is 15.2. The molecule has 0 amide bonds. The zero-order valence-electron chi connectivity index (χ0n) is 11.9. The van der Waals surface area contributed by atoms with Gasteiger partial charge in [-0.25, -0.2) is 0 Å². The van der Waals surface area contributed by atoms with Crippen LogP contribution >= 0.6 is 0 Å². The maximum Gasteiger partial charge on any atom is 0.143 e. The highest BCUT2D eigenvalue weighted by molar-refractivity contribution is 5.60. The SMILES string of the molecule is COc1ccc(O)c(CNc2ccc(C#N)cc2OC)c1. The normalized spacial score (nSPS) is 9.76. The number of nitrogens with zero attached hydrogens (tertiary/aromatic N) is 1. The molecule has 0 aliphatic rings. The standard InChI is InChI=1S/C16H16N2O3/c1-20-13-4-6-15(19)12(8-13)10-18-14-5-3-11(9-17)7-16(14)21-2/h3-8,18-19H,10H2,1-2H3. The van der Waals surface area contributed by atoms with Gasteiger partial charge in [-0.2, -0.15) is 5.26 Å². The van der Waals surface area contributed by atoms with Crippen molar-refractivity contribution in [2.75, 3.05) is 19.5 Å². The van der Waals surface area contributed by atoms with Crippen LogP contribution < -0.4 is 14.8 Å². The van der Waals surface area contributed by atoms with E-state index in [1.54, 1.807) is 50.6 Å². The third-order valence-corrected chi connectivity index (χ3v) is 3.09. The van der Waals surface area contributed by atoms with Crippen molar-refractivity contribution in [1.29, 1.82) is 5.26 Å². The first-order valence-corrected chi connectivity index (χ1v) is 6.36. The second-order valence-electron chi connectivity index (χ2n) is 4.38. The van der Waals surface area contributed by atoms with Gasteiger partial charge in [-0.15, -0.1) is 0 Å². The molecule has 2 aromatic rings. The van der Waals surface area contributed by atoms with Crippen molar-refractivity contribution < 1.29 is 14.6 Å². The van der Waals surface area contributed by atoms with E-state index in [9.17, 15) is 5.11 Å². The molecule has 2 N–H and O–H groups in total. The summed E-state index contributed by atoms with van der Waals surface area (Å²) in [4.78, 5) is 0. The molecule has 5 heteroatoms. The molecule has 5 nitrogen and oxygen atoms in total. The summed E-state index contributed by atoms with van der Waals surface area (Å²) in [5.74, 6) is 1.45. The van der Waals surface area contributed by atoms with Crippen molar-refractivity contribution in [3.8, 4) is 23.3 Å². The summed E-state index contributed by atoms with van der Waals surface area (Å²) >= 11 is 0. The highest BCUT2D eigenvalue weighted by atomic mass is 16.5. The van der Waals surface area contributed by atoms with E-state index >= 15 is 0 Å². The fourth-order valence-electron chi connectivity index (χ4n) is 1.93. The van der Waals surface area contributed by atoms with E-state index < -0.39 is 0 Å². The Morgan fingerprint density at radius 3 is 2.62 bits per heavy atom. The molecule has 108 valence electrons. The van der Waals surface area contributed by atoms with Crippen LogP contribution in [-0.2, 0) is 6.54 Å². The lowest BCUT2D eigenvalue weighted by Gasteiger charge is -2.13. The number of rotatable bonds is 5. The summed E-state index contributed by atoms with van der Waals surface area (Å²) in [5, 5.41) is 21.9. The highest BCUT2D eigenvalue weighted by Crippen LogP contribution is 2.28. The number of hydrogen-bond acceptors (Lipinski definition) is 5. The summed E-state index contributed by atoms with van der Waals surface area (Å²) in [6.07, 6.45) is 0. The van der Waals surface area contributed by atoms with E-state index in [0.717, 1.165) is 5.69 Å². The first-order valence-electron chi connectivity index (χ1n) is 6.36. The average Bonchev–Trinajstić information content (AvgIpc) is 2.54. The van der Waals surface area contributed by atoms with Crippen LogP contribution in [0.1, 0.15) is 11.1 Å².